The molecule has 0 bridgehead atoms. The van der Waals surface area contributed by atoms with Gasteiger partial charge in [0.2, 0.25) is 19.7 Å². The van der Waals surface area contributed by atoms with E-state index in [9.17, 15) is 16.8 Å². The molecule has 0 amide bonds. The normalized spacial score (nSPS) is 11.6. The maximum atomic E-state index is 13.1. The molecule has 0 aromatic heterocycles. The Hall–Kier alpha value is -2.61. The van der Waals surface area contributed by atoms with Crippen LogP contribution < -0.4 is 5.32 Å². The van der Waals surface area contributed by atoms with Crippen molar-refractivity contribution in [2.24, 2.45) is 0 Å². The van der Waals surface area contributed by atoms with Gasteiger partial charge < -0.3 is 5.32 Å². The molecule has 0 saturated carbocycles. The summed E-state index contributed by atoms with van der Waals surface area (Å²) in [5, 5.41) is 3.25. The highest BCUT2D eigenvalue weighted by Crippen LogP contribution is 2.29. The van der Waals surface area contributed by atoms with Gasteiger partial charge >= 0.3 is 0 Å². The molecule has 0 spiro atoms. The molecule has 144 valence electrons. The zero-order valence-electron chi connectivity index (χ0n) is 14.5. The van der Waals surface area contributed by atoms with Crippen molar-refractivity contribution < 1.29 is 16.8 Å². The number of rotatable bonds is 6. The van der Waals surface area contributed by atoms with E-state index in [0.717, 1.165) is 6.20 Å². The molecule has 1 N–H and O–H groups in total. The Kier molecular flexibility index (Phi) is 5.88. The maximum absolute atomic E-state index is 13.1. The van der Waals surface area contributed by atoms with Crippen molar-refractivity contribution in [2.75, 3.05) is 5.32 Å². The van der Waals surface area contributed by atoms with Crippen LogP contribution in [0.1, 0.15) is 0 Å². The number of sulfone groups is 2. The number of nitrogens with one attached hydrogen (secondary N) is 1. The molecule has 0 aliphatic heterocycles. The molecule has 0 aliphatic carbocycles. The third-order valence-electron chi connectivity index (χ3n) is 3.84. The summed E-state index contributed by atoms with van der Waals surface area (Å²) in [6.45, 7) is 0. The topological polar surface area (TPSA) is 80.3 Å². The first-order chi connectivity index (χ1) is 13.3. The third kappa shape index (κ3) is 4.27. The van der Waals surface area contributed by atoms with Crippen LogP contribution in [0.25, 0.3) is 0 Å². The lowest BCUT2D eigenvalue weighted by atomic mass is 10.3. The Morgan fingerprint density at radius 1 is 0.679 bits per heavy atom. The number of anilines is 1. The van der Waals surface area contributed by atoms with Gasteiger partial charge in [0, 0.05) is 16.9 Å². The zero-order valence-corrected chi connectivity index (χ0v) is 16.9. The van der Waals surface area contributed by atoms with Crippen molar-refractivity contribution in [3.8, 4) is 0 Å². The van der Waals surface area contributed by atoms with Crippen molar-refractivity contribution >= 4 is 37.0 Å². The molecular weight excluding hydrogens is 418 g/mol. The minimum absolute atomic E-state index is 0.112. The molecular formula is C20H16ClNO4S2. The van der Waals surface area contributed by atoms with Crippen molar-refractivity contribution in [2.45, 2.75) is 9.79 Å². The molecule has 0 saturated heterocycles. The van der Waals surface area contributed by atoms with Crippen molar-refractivity contribution in [1.82, 2.24) is 0 Å². The molecule has 0 fully saturated rings. The van der Waals surface area contributed by atoms with Crippen molar-refractivity contribution in [3.63, 3.8) is 0 Å². The van der Waals surface area contributed by atoms with E-state index >= 15 is 0 Å². The monoisotopic (exact) mass is 433 g/mol. The van der Waals surface area contributed by atoms with Crippen LogP contribution in [-0.2, 0) is 19.7 Å². The van der Waals surface area contributed by atoms with Crippen molar-refractivity contribution in [1.29, 1.82) is 0 Å². The second-order valence-corrected chi connectivity index (χ2v) is 10.3. The average Bonchev–Trinajstić information content (AvgIpc) is 2.70. The highest BCUT2D eigenvalue weighted by atomic mass is 35.5. The van der Waals surface area contributed by atoms with Gasteiger partial charge in [0.05, 0.1) is 9.79 Å². The summed E-state index contributed by atoms with van der Waals surface area (Å²) in [5.41, 5.74) is 0.494. The van der Waals surface area contributed by atoms with Gasteiger partial charge in [0.25, 0.3) is 0 Å². The van der Waals surface area contributed by atoms with Gasteiger partial charge in [-0.15, -0.1) is 0 Å². The largest absolute Gasteiger partial charge is 0.360 e. The van der Waals surface area contributed by atoms with E-state index in [4.69, 9.17) is 11.6 Å². The second kappa shape index (κ2) is 8.18. The van der Waals surface area contributed by atoms with Gasteiger partial charge in [-0.25, -0.2) is 16.8 Å². The highest BCUT2D eigenvalue weighted by molar-refractivity contribution is 8.14. The molecule has 3 rings (SSSR count). The number of benzene rings is 3. The van der Waals surface area contributed by atoms with E-state index in [1.807, 2.05) is 0 Å². The van der Waals surface area contributed by atoms with Gasteiger partial charge in [0.1, 0.15) is 0 Å². The molecule has 0 radical (unpaired) electrons. The van der Waals surface area contributed by atoms with Gasteiger partial charge in [-0.3, -0.25) is 0 Å². The molecule has 28 heavy (non-hydrogen) atoms. The molecule has 0 unspecified atom stereocenters. The third-order valence-corrected chi connectivity index (χ3v) is 8.49. The predicted octanol–water partition coefficient (Wildman–Crippen LogP) is 4.50. The lowest BCUT2D eigenvalue weighted by Crippen LogP contribution is -2.16. The fraction of sp³-hybridized carbons (Fsp3) is 0. The van der Waals surface area contributed by atoms with E-state index in [0.29, 0.717) is 10.7 Å². The van der Waals surface area contributed by atoms with Crippen LogP contribution in [0.2, 0.25) is 5.02 Å². The summed E-state index contributed by atoms with van der Waals surface area (Å²) in [7, 11) is -8.60. The van der Waals surface area contributed by atoms with Crippen LogP contribution in [0, 0.1) is 0 Å². The highest BCUT2D eigenvalue weighted by Gasteiger charge is 2.33. The molecule has 0 atom stereocenters. The van der Waals surface area contributed by atoms with Crippen LogP contribution in [0.4, 0.5) is 5.69 Å². The van der Waals surface area contributed by atoms with E-state index in [-0.39, 0.29) is 9.79 Å². The van der Waals surface area contributed by atoms with Gasteiger partial charge in [-0.1, -0.05) is 48.0 Å². The zero-order chi connectivity index (χ0) is 20.2. The van der Waals surface area contributed by atoms with Crippen molar-refractivity contribution in [3.05, 3.63) is 100 Å². The SMILES string of the molecule is O=S(=O)(C(=CNc1ccc(Cl)cc1)S(=O)(=O)c1ccccc1)c1ccccc1. The molecule has 3 aromatic carbocycles. The van der Waals surface area contributed by atoms with Gasteiger partial charge in [-0.2, -0.15) is 0 Å². The average molecular weight is 434 g/mol. The first-order valence-electron chi connectivity index (χ1n) is 8.14. The Morgan fingerprint density at radius 2 is 1.11 bits per heavy atom. The summed E-state index contributed by atoms with van der Waals surface area (Å²) in [6.07, 6.45) is 0.994. The number of hydrogen-bond donors (Lipinski definition) is 1. The second-order valence-electron chi connectivity index (χ2n) is 5.75. The van der Waals surface area contributed by atoms with Crippen LogP contribution in [-0.4, -0.2) is 16.8 Å². The number of halogens is 1. The summed E-state index contributed by atoms with van der Waals surface area (Å²) >= 11 is 5.84. The first-order valence-corrected chi connectivity index (χ1v) is 11.5. The summed E-state index contributed by atoms with van der Waals surface area (Å²) in [5.74, 6) is 0. The fourth-order valence-electron chi connectivity index (χ4n) is 2.42. The van der Waals surface area contributed by atoms with Crippen LogP contribution in [0.15, 0.2) is 105 Å². The standard InChI is InChI=1S/C20H16ClNO4S2/c21-16-11-13-17(14-12-16)22-15-20(27(23,24)18-7-3-1-4-8-18)28(25,26)19-9-5-2-6-10-19/h1-15,22H. The Labute approximate surface area is 169 Å². The predicted molar refractivity (Wildman–Crippen MR) is 110 cm³/mol. The maximum Gasteiger partial charge on any atom is 0.219 e. The minimum atomic E-state index is -4.30. The van der Waals surface area contributed by atoms with Crippen LogP contribution in [0.5, 0.6) is 0 Å². The van der Waals surface area contributed by atoms with E-state index < -0.39 is 23.9 Å². The van der Waals surface area contributed by atoms with E-state index in [2.05, 4.69) is 5.32 Å². The van der Waals surface area contributed by atoms with Gasteiger partial charge in [-0.05, 0) is 48.5 Å². The number of hydrogen-bond acceptors (Lipinski definition) is 5. The molecule has 3 aromatic rings. The van der Waals surface area contributed by atoms with E-state index in [1.54, 1.807) is 36.4 Å². The lowest BCUT2D eigenvalue weighted by molar-refractivity contribution is 0.595. The fourth-order valence-corrected chi connectivity index (χ4v) is 6.20. The molecule has 8 heteroatoms. The Bertz CT molecular complexity index is 1120. The quantitative estimate of drug-likeness (QED) is 0.619. The summed E-state index contributed by atoms with van der Waals surface area (Å²) in [4.78, 5) is -0.225. The van der Waals surface area contributed by atoms with E-state index in [1.165, 1.54) is 48.5 Å². The smallest absolute Gasteiger partial charge is 0.219 e. The molecule has 0 heterocycles. The minimum Gasteiger partial charge on any atom is -0.360 e. The first kappa shape index (κ1) is 20.1. The van der Waals surface area contributed by atoms with Gasteiger partial charge in [0.15, 0.2) is 4.24 Å². The van der Waals surface area contributed by atoms with Crippen LogP contribution >= 0.6 is 11.6 Å². The Balaban J connectivity index is 2.14. The van der Waals surface area contributed by atoms with Crippen LogP contribution in [0.3, 0.4) is 0 Å². The summed E-state index contributed by atoms with van der Waals surface area (Å²) < 4.78 is 51.7. The lowest BCUT2D eigenvalue weighted by Gasteiger charge is -2.12. The molecule has 0 aliphatic rings. The Morgan fingerprint density at radius 3 is 1.54 bits per heavy atom. The molecule has 5 nitrogen and oxygen atoms in total. The summed E-state index contributed by atoms with van der Waals surface area (Å²) in [6, 6.07) is 21.3.